The van der Waals surface area contributed by atoms with Crippen LogP contribution < -0.4 is 5.14 Å². The third kappa shape index (κ3) is 4.47. The minimum absolute atomic E-state index is 0.00234. The van der Waals surface area contributed by atoms with Crippen LogP contribution in [0.25, 0.3) is 0 Å². The zero-order chi connectivity index (χ0) is 15.7. The summed E-state index contributed by atoms with van der Waals surface area (Å²) in [5, 5.41) is 5.07. The highest BCUT2D eigenvalue weighted by atomic mass is 35.5. The van der Waals surface area contributed by atoms with E-state index < -0.39 is 10.0 Å². The largest absolute Gasteiger partial charge is 0.341 e. The van der Waals surface area contributed by atoms with Crippen molar-refractivity contribution in [1.82, 2.24) is 4.90 Å². The van der Waals surface area contributed by atoms with Crippen LogP contribution >= 0.6 is 11.6 Å². The second kappa shape index (κ2) is 5.71. The Labute approximate surface area is 124 Å². The van der Waals surface area contributed by atoms with Crippen LogP contribution in [0.15, 0.2) is 23.1 Å². The molecule has 5 nitrogen and oxygen atoms in total. The molecule has 0 aliphatic rings. The highest BCUT2D eigenvalue weighted by Gasteiger charge is 2.21. The summed E-state index contributed by atoms with van der Waals surface area (Å²) in [5.41, 5.74) is 0.185. The van der Waals surface area contributed by atoms with Crippen LogP contribution in [0.3, 0.4) is 0 Å². The molecule has 0 spiro atoms. The average Bonchev–Trinajstić information content (AvgIpc) is 2.24. The number of hydrogen-bond donors (Lipinski definition) is 1. The summed E-state index contributed by atoms with van der Waals surface area (Å²) in [7, 11) is -2.29. The lowest BCUT2D eigenvalue weighted by Gasteiger charge is -2.26. The van der Waals surface area contributed by atoms with Gasteiger partial charge in [0.15, 0.2) is 0 Å². The third-order valence-electron chi connectivity index (χ3n) is 2.54. The summed E-state index contributed by atoms with van der Waals surface area (Å²) in [4.78, 5) is 13.6. The normalized spacial score (nSPS) is 12.3. The third-order valence-corrected chi connectivity index (χ3v) is 3.94. The van der Waals surface area contributed by atoms with Crippen molar-refractivity contribution in [2.24, 2.45) is 10.6 Å². The topological polar surface area (TPSA) is 80.5 Å². The zero-order valence-corrected chi connectivity index (χ0v) is 13.5. The van der Waals surface area contributed by atoms with Crippen molar-refractivity contribution >= 4 is 27.5 Å². The van der Waals surface area contributed by atoms with Gasteiger partial charge in [-0.05, 0) is 23.6 Å². The Morgan fingerprint density at radius 1 is 1.35 bits per heavy atom. The zero-order valence-electron chi connectivity index (χ0n) is 12.0. The summed E-state index contributed by atoms with van der Waals surface area (Å²) in [6.07, 6.45) is 0. The molecular weight excluding hydrogens is 300 g/mol. The predicted molar refractivity (Wildman–Crippen MR) is 79.2 cm³/mol. The molecule has 0 heterocycles. The number of amides is 1. The number of sulfonamides is 1. The Kier molecular flexibility index (Phi) is 4.84. The van der Waals surface area contributed by atoms with E-state index in [4.69, 9.17) is 16.7 Å². The van der Waals surface area contributed by atoms with E-state index in [0.29, 0.717) is 6.54 Å². The van der Waals surface area contributed by atoms with E-state index in [1.807, 2.05) is 20.8 Å². The lowest BCUT2D eigenvalue weighted by molar-refractivity contribution is 0.0745. The highest BCUT2D eigenvalue weighted by molar-refractivity contribution is 7.89. The van der Waals surface area contributed by atoms with Gasteiger partial charge in [0.25, 0.3) is 5.91 Å². The molecule has 0 aliphatic carbocycles. The van der Waals surface area contributed by atoms with Gasteiger partial charge in [-0.25, -0.2) is 13.6 Å². The van der Waals surface area contributed by atoms with Crippen molar-refractivity contribution in [2.45, 2.75) is 25.7 Å². The van der Waals surface area contributed by atoms with Crippen LogP contribution in [0.2, 0.25) is 5.02 Å². The van der Waals surface area contributed by atoms with E-state index in [9.17, 15) is 13.2 Å². The van der Waals surface area contributed by atoms with Gasteiger partial charge < -0.3 is 4.90 Å². The molecule has 1 aromatic rings. The second-order valence-electron chi connectivity index (χ2n) is 5.91. The summed E-state index contributed by atoms with van der Waals surface area (Å²) in [6.45, 7) is 6.57. The Bertz CT molecular complexity index is 621. The van der Waals surface area contributed by atoms with Crippen LogP contribution in [0.4, 0.5) is 0 Å². The van der Waals surface area contributed by atoms with E-state index >= 15 is 0 Å². The van der Waals surface area contributed by atoms with Gasteiger partial charge >= 0.3 is 0 Å². The van der Waals surface area contributed by atoms with Gasteiger partial charge in [0.1, 0.15) is 4.90 Å². The van der Waals surface area contributed by atoms with E-state index in [0.717, 1.165) is 0 Å². The predicted octanol–water partition coefficient (Wildman–Crippen LogP) is 2.11. The lowest BCUT2D eigenvalue weighted by Crippen LogP contribution is -2.34. The van der Waals surface area contributed by atoms with Gasteiger partial charge in [-0.2, -0.15) is 0 Å². The average molecular weight is 319 g/mol. The Morgan fingerprint density at radius 3 is 2.35 bits per heavy atom. The monoisotopic (exact) mass is 318 g/mol. The number of nitrogens with two attached hydrogens (primary N) is 1. The Morgan fingerprint density at radius 2 is 1.90 bits per heavy atom. The molecule has 0 atom stereocenters. The minimum Gasteiger partial charge on any atom is -0.341 e. The van der Waals surface area contributed by atoms with Crippen molar-refractivity contribution in [3.8, 4) is 0 Å². The van der Waals surface area contributed by atoms with Crippen molar-refractivity contribution in [1.29, 1.82) is 0 Å². The summed E-state index contributed by atoms with van der Waals surface area (Å²) < 4.78 is 22.8. The van der Waals surface area contributed by atoms with Crippen LogP contribution in [-0.2, 0) is 10.0 Å². The van der Waals surface area contributed by atoms with E-state index in [1.54, 1.807) is 7.05 Å². The molecule has 1 amide bonds. The van der Waals surface area contributed by atoms with E-state index in [1.165, 1.54) is 23.1 Å². The molecule has 2 N–H and O–H groups in total. The van der Waals surface area contributed by atoms with Gasteiger partial charge in [-0.15, -0.1) is 0 Å². The first-order valence-corrected chi connectivity index (χ1v) is 7.92. The van der Waals surface area contributed by atoms with Gasteiger partial charge in [-0.3, -0.25) is 4.79 Å². The summed E-state index contributed by atoms with van der Waals surface area (Å²) >= 11 is 5.79. The first kappa shape index (κ1) is 16.9. The van der Waals surface area contributed by atoms with Crippen LogP contribution in [0.5, 0.6) is 0 Å². The molecule has 112 valence electrons. The quantitative estimate of drug-likeness (QED) is 0.926. The number of carbonyl (C=O) groups is 1. The highest BCUT2D eigenvalue weighted by Crippen LogP contribution is 2.23. The van der Waals surface area contributed by atoms with E-state index in [2.05, 4.69) is 0 Å². The van der Waals surface area contributed by atoms with Crippen molar-refractivity contribution in [2.75, 3.05) is 13.6 Å². The summed E-state index contributed by atoms with van der Waals surface area (Å²) in [6, 6.07) is 4.05. The Hall–Kier alpha value is -1.11. The maximum atomic E-state index is 12.3. The second-order valence-corrected chi connectivity index (χ2v) is 7.85. The molecule has 1 aromatic carbocycles. The van der Waals surface area contributed by atoms with Crippen LogP contribution in [0.1, 0.15) is 31.1 Å². The molecule has 0 aliphatic heterocycles. The lowest BCUT2D eigenvalue weighted by atomic mass is 9.96. The maximum Gasteiger partial charge on any atom is 0.253 e. The molecule has 7 heteroatoms. The van der Waals surface area contributed by atoms with Crippen molar-refractivity contribution in [3.63, 3.8) is 0 Å². The molecule has 0 aromatic heterocycles. The number of benzene rings is 1. The fraction of sp³-hybridized carbons (Fsp3) is 0.462. The molecular formula is C13H19ClN2O3S. The maximum absolute atomic E-state index is 12.3. The first-order chi connectivity index (χ1) is 8.92. The van der Waals surface area contributed by atoms with Gasteiger partial charge in [0.2, 0.25) is 10.0 Å². The molecule has 0 radical (unpaired) electrons. The Balaban J connectivity index is 3.13. The molecule has 0 saturated carbocycles. The molecule has 0 saturated heterocycles. The number of primary sulfonamides is 1. The van der Waals surface area contributed by atoms with Crippen LogP contribution in [-0.4, -0.2) is 32.8 Å². The molecule has 1 rings (SSSR count). The fourth-order valence-electron chi connectivity index (χ4n) is 1.86. The molecule has 0 unspecified atom stereocenters. The standard InChI is InChI=1S/C13H19ClN2O3S/c1-13(2,3)8-16(4)12(17)9-5-6-10(14)11(7-9)20(15,18)19/h5-7H,8H2,1-4H3,(H2,15,18,19). The first-order valence-electron chi connectivity index (χ1n) is 5.99. The van der Waals surface area contributed by atoms with Gasteiger partial charge in [0.05, 0.1) is 5.02 Å². The molecule has 20 heavy (non-hydrogen) atoms. The SMILES string of the molecule is CN(CC(C)(C)C)C(=O)c1ccc(Cl)c(S(N)(=O)=O)c1. The van der Waals surface area contributed by atoms with Gasteiger partial charge in [-0.1, -0.05) is 32.4 Å². The number of hydrogen-bond acceptors (Lipinski definition) is 3. The van der Waals surface area contributed by atoms with Crippen molar-refractivity contribution < 1.29 is 13.2 Å². The van der Waals surface area contributed by atoms with Gasteiger partial charge in [0, 0.05) is 19.2 Å². The van der Waals surface area contributed by atoms with Crippen LogP contribution in [0, 0.1) is 5.41 Å². The van der Waals surface area contributed by atoms with Crippen molar-refractivity contribution in [3.05, 3.63) is 28.8 Å². The number of halogens is 1. The minimum atomic E-state index is -3.95. The summed E-state index contributed by atoms with van der Waals surface area (Å²) in [5.74, 6) is -0.276. The molecule has 0 bridgehead atoms. The van der Waals surface area contributed by atoms with E-state index in [-0.39, 0.29) is 26.8 Å². The number of nitrogens with zero attached hydrogens (tertiary/aromatic N) is 1. The number of carbonyl (C=O) groups excluding carboxylic acids is 1. The molecule has 0 fully saturated rings. The smallest absolute Gasteiger partial charge is 0.253 e. The fourth-order valence-corrected chi connectivity index (χ4v) is 2.93. The number of rotatable bonds is 3.